The molecule has 0 aliphatic carbocycles. The fraction of sp³-hybridized carbons (Fsp3) is 0.800. The second-order valence-corrected chi connectivity index (χ2v) is 5.24. The first-order valence-corrected chi connectivity index (χ1v) is 7.38. The van der Waals surface area contributed by atoms with Gasteiger partial charge in [-0.1, -0.05) is 13.8 Å². The molecule has 0 aliphatic rings. The summed E-state index contributed by atoms with van der Waals surface area (Å²) in [6.07, 6.45) is 4.48. The highest BCUT2D eigenvalue weighted by Gasteiger charge is 2.15. The lowest BCUT2D eigenvalue weighted by molar-refractivity contribution is 0.100. The molecule has 0 bridgehead atoms. The highest BCUT2D eigenvalue weighted by atomic mass is 16.5. The zero-order chi connectivity index (χ0) is 14.3. The molecule has 1 rings (SSSR count). The average molecular weight is 267 g/mol. The maximum absolute atomic E-state index is 5.39. The van der Waals surface area contributed by atoms with Crippen LogP contribution >= 0.6 is 0 Å². The van der Waals surface area contributed by atoms with Crippen LogP contribution in [0.2, 0.25) is 0 Å². The fourth-order valence-corrected chi connectivity index (χ4v) is 2.27. The Kier molecular flexibility index (Phi) is 7.10. The summed E-state index contributed by atoms with van der Waals surface area (Å²) in [7, 11) is 3.81. The largest absolute Gasteiger partial charge is 0.382 e. The van der Waals surface area contributed by atoms with Crippen molar-refractivity contribution < 1.29 is 4.74 Å². The number of methoxy groups -OCH3 is 1. The molecule has 0 saturated heterocycles. The van der Waals surface area contributed by atoms with Crippen molar-refractivity contribution in [2.24, 2.45) is 7.05 Å². The first kappa shape index (κ1) is 16.2. The molecule has 2 atom stereocenters. The van der Waals surface area contributed by atoms with Crippen LogP contribution in [0.4, 0.5) is 0 Å². The number of hydrogen-bond donors (Lipinski definition) is 1. The van der Waals surface area contributed by atoms with Crippen LogP contribution in [0.1, 0.15) is 45.0 Å². The summed E-state index contributed by atoms with van der Waals surface area (Å²) in [6, 6.07) is 2.67. The van der Waals surface area contributed by atoms with Gasteiger partial charge in [-0.2, -0.15) is 5.10 Å². The van der Waals surface area contributed by atoms with Crippen LogP contribution in [-0.4, -0.2) is 35.6 Å². The minimum Gasteiger partial charge on any atom is -0.382 e. The Bertz CT molecular complexity index is 362. The summed E-state index contributed by atoms with van der Waals surface area (Å²) in [5, 5.41) is 8.14. The predicted molar refractivity (Wildman–Crippen MR) is 79.5 cm³/mol. The Morgan fingerprint density at radius 3 is 2.68 bits per heavy atom. The molecule has 0 radical (unpaired) electrons. The van der Waals surface area contributed by atoms with Crippen LogP contribution in [0.3, 0.4) is 0 Å². The van der Waals surface area contributed by atoms with Crippen LogP contribution in [0.25, 0.3) is 0 Å². The van der Waals surface area contributed by atoms with E-state index in [1.165, 1.54) is 11.4 Å². The van der Waals surface area contributed by atoms with Crippen LogP contribution in [0, 0.1) is 0 Å². The Balaban J connectivity index is 2.66. The Morgan fingerprint density at radius 2 is 2.16 bits per heavy atom. The van der Waals surface area contributed by atoms with Gasteiger partial charge in [0.25, 0.3) is 0 Å². The van der Waals surface area contributed by atoms with Crippen LogP contribution in [0.15, 0.2) is 6.07 Å². The van der Waals surface area contributed by atoms with Gasteiger partial charge < -0.3 is 10.1 Å². The Morgan fingerprint density at radius 1 is 1.42 bits per heavy atom. The number of rotatable bonds is 9. The minimum absolute atomic E-state index is 0.285. The highest BCUT2D eigenvalue weighted by molar-refractivity contribution is 5.11. The van der Waals surface area contributed by atoms with Gasteiger partial charge in [-0.3, -0.25) is 4.68 Å². The number of nitrogens with one attached hydrogen (secondary N) is 1. The van der Waals surface area contributed by atoms with Crippen molar-refractivity contribution in [3.8, 4) is 0 Å². The molecule has 0 amide bonds. The number of nitrogens with zero attached hydrogens (tertiary/aromatic N) is 2. The van der Waals surface area contributed by atoms with E-state index in [-0.39, 0.29) is 6.10 Å². The molecule has 0 fully saturated rings. The lowest BCUT2D eigenvalue weighted by atomic mass is 10.0. The zero-order valence-electron chi connectivity index (χ0n) is 13.1. The van der Waals surface area contributed by atoms with Gasteiger partial charge in [0.2, 0.25) is 0 Å². The highest BCUT2D eigenvalue weighted by Crippen LogP contribution is 2.11. The molecule has 0 saturated carbocycles. The van der Waals surface area contributed by atoms with Gasteiger partial charge in [0.05, 0.1) is 11.8 Å². The lowest BCUT2D eigenvalue weighted by Gasteiger charge is -2.21. The van der Waals surface area contributed by atoms with Crippen molar-refractivity contribution in [2.75, 3.05) is 13.7 Å². The molecule has 2 unspecified atom stereocenters. The third-order valence-corrected chi connectivity index (χ3v) is 3.55. The smallest absolute Gasteiger partial charge is 0.0624 e. The monoisotopic (exact) mass is 267 g/mol. The molecule has 0 spiro atoms. The van der Waals surface area contributed by atoms with E-state index in [1.54, 1.807) is 7.11 Å². The Labute approximate surface area is 117 Å². The van der Waals surface area contributed by atoms with E-state index in [2.05, 4.69) is 37.3 Å². The second-order valence-electron chi connectivity index (χ2n) is 5.24. The van der Waals surface area contributed by atoms with E-state index in [1.807, 2.05) is 11.7 Å². The van der Waals surface area contributed by atoms with E-state index in [9.17, 15) is 0 Å². The standard InChI is InChI=1S/C15H29N3O/c1-6-8-16-14(9-12(3)19-5)11-15-10-13(7-2)17-18(15)4/h10,12,14,16H,6-9,11H2,1-5H3. The molecule has 4 heteroatoms. The van der Waals surface area contributed by atoms with Crippen LogP contribution < -0.4 is 5.32 Å². The summed E-state index contributed by atoms with van der Waals surface area (Å²) >= 11 is 0. The average Bonchev–Trinajstić information content (AvgIpc) is 2.76. The summed E-state index contributed by atoms with van der Waals surface area (Å²) in [4.78, 5) is 0. The quantitative estimate of drug-likeness (QED) is 0.746. The zero-order valence-corrected chi connectivity index (χ0v) is 13.1. The first-order valence-electron chi connectivity index (χ1n) is 7.38. The molecule has 0 aliphatic heterocycles. The van der Waals surface area contributed by atoms with E-state index in [0.29, 0.717) is 6.04 Å². The molecule has 19 heavy (non-hydrogen) atoms. The van der Waals surface area contributed by atoms with E-state index in [0.717, 1.165) is 32.2 Å². The molecule has 1 aromatic rings. The van der Waals surface area contributed by atoms with Gasteiger partial charge in [0.1, 0.15) is 0 Å². The summed E-state index contributed by atoms with van der Waals surface area (Å²) in [5.74, 6) is 0. The normalized spacial score (nSPS) is 14.6. The summed E-state index contributed by atoms with van der Waals surface area (Å²) in [6.45, 7) is 7.52. The fourth-order valence-electron chi connectivity index (χ4n) is 2.27. The lowest BCUT2D eigenvalue weighted by Crippen LogP contribution is -2.35. The van der Waals surface area contributed by atoms with Gasteiger partial charge in [-0.25, -0.2) is 0 Å². The number of ether oxygens (including phenoxy) is 1. The second kappa shape index (κ2) is 8.33. The SMILES string of the molecule is CCCNC(Cc1cc(CC)nn1C)CC(C)OC. The third kappa shape index (κ3) is 5.33. The van der Waals surface area contributed by atoms with Gasteiger partial charge in [0.15, 0.2) is 0 Å². The molecule has 0 aromatic carbocycles. The molecule has 1 aromatic heterocycles. The van der Waals surface area contributed by atoms with E-state index in [4.69, 9.17) is 4.74 Å². The number of aromatic nitrogens is 2. The van der Waals surface area contributed by atoms with Gasteiger partial charge in [0, 0.05) is 32.3 Å². The van der Waals surface area contributed by atoms with Crippen LogP contribution in [-0.2, 0) is 24.6 Å². The van der Waals surface area contributed by atoms with Gasteiger partial charge in [-0.15, -0.1) is 0 Å². The van der Waals surface area contributed by atoms with Gasteiger partial charge in [-0.05, 0) is 38.8 Å². The maximum Gasteiger partial charge on any atom is 0.0624 e. The van der Waals surface area contributed by atoms with E-state index >= 15 is 0 Å². The summed E-state index contributed by atoms with van der Waals surface area (Å²) < 4.78 is 7.40. The predicted octanol–water partition coefficient (Wildman–Crippen LogP) is 2.32. The van der Waals surface area contributed by atoms with Crippen molar-refractivity contribution in [2.45, 2.75) is 58.6 Å². The van der Waals surface area contributed by atoms with Crippen molar-refractivity contribution in [1.82, 2.24) is 15.1 Å². The maximum atomic E-state index is 5.39. The van der Waals surface area contributed by atoms with E-state index < -0.39 is 0 Å². The molecular formula is C15H29N3O. The van der Waals surface area contributed by atoms with Crippen molar-refractivity contribution in [3.63, 3.8) is 0 Å². The minimum atomic E-state index is 0.285. The van der Waals surface area contributed by atoms with Crippen LogP contribution in [0.5, 0.6) is 0 Å². The summed E-state index contributed by atoms with van der Waals surface area (Å²) in [5.41, 5.74) is 2.47. The first-order chi connectivity index (χ1) is 9.10. The van der Waals surface area contributed by atoms with Crippen molar-refractivity contribution in [3.05, 3.63) is 17.5 Å². The van der Waals surface area contributed by atoms with Crippen molar-refractivity contribution >= 4 is 0 Å². The van der Waals surface area contributed by atoms with Crippen molar-refractivity contribution in [1.29, 1.82) is 0 Å². The molecular weight excluding hydrogens is 238 g/mol. The Hall–Kier alpha value is -0.870. The number of hydrogen-bond acceptors (Lipinski definition) is 3. The molecule has 1 N–H and O–H groups in total. The number of aryl methyl sites for hydroxylation is 2. The van der Waals surface area contributed by atoms with Gasteiger partial charge >= 0.3 is 0 Å². The topological polar surface area (TPSA) is 39.1 Å². The molecule has 4 nitrogen and oxygen atoms in total. The molecule has 1 heterocycles. The third-order valence-electron chi connectivity index (χ3n) is 3.55. The molecule has 110 valence electrons.